The predicted molar refractivity (Wildman–Crippen MR) is 140 cm³/mol. The van der Waals surface area contributed by atoms with Crippen LogP contribution in [-0.4, -0.2) is 80.9 Å². The molecule has 2 saturated heterocycles. The molecule has 2 N–H and O–H groups in total. The predicted octanol–water partition coefficient (Wildman–Crippen LogP) is 4.04. The molecule has 3 aromatic rings. The van der Waals surface area contributed by atoms with Crippen LogP contribution in [0.1, 0.15) is 39.2 Å². The van der Waals surface area contributed by atoms with E-state index in [0.717, 1.165) is 32.2 Å². The van der Waals surface area contributed by atoms with E-state index in [9.17, 15) is 0 Å². The second kappa shape index (κ2) is 11.4. The second-order valence-corrected chi connectivity index (χ2v) is 9.94. The van der Waals surface area contributed by atoms with Crippen LogP contribution in [0, 0.1) is 0 Å². The zero-order valence-corrected chi connectivity index (χ0v) is 21.4. The molecule has 8 nitrogen and oxygen atoms in total. The maximum atomic E-state index is 9.10. The molecule has 0 aliphatic carbocycles. The molecule has 2 aliphatic rings. The van der Waals surface area contributed by atoms with Gasteiger partial charge >= 0.3 is 11.9 Å². The number of ether oxygens (including phenoxy) is 1. The van der Waals surface area contributed by atoms with Gasteiger partial charge in [0.25, 0.3) is 0 Å². The third kappa shape index (κ3) is 5.88. The number of para-hydroxylation sites is 1. The number of piperidine rings is 1. The quantitative estimate of drug-likeness (QED) is 0.528. The molecule has 0 amide bonds. The van der Waals surface area contributed by atoms with Gasteiger partial charge in [-0.25, -0.2) is 9.59 Å². The number of fused-ring (bicyclic) bond motifs is 3. The molecule has 8 heteroatoms. The molecule has 2 unspecified atom stereocenters. The maximum absolute atomic E-state index is 9.10. The number of benzene rings is 2. The molecule has 3 heterocycles. The summed E-state index contributed by atoms with van der Waals surface area (Å²) in [6.45, 7) is 13.3. The van der Waals surface area contributed by atoms with Crippen LogP contribution >= 0.6 is 0 Å². The Morgan fingerprint density at radius 2 is 1.53 bits per heavy atom. The Bertz CT molecular complexity index is 1190. The Balaban J connectivity index is 0.000000455. The van der Waals surface area contributed by atoms with Crippen molar-refractivity contribution in [2.24, 2.45) is 0 Å². The molecule has 1 aromatic heterocycles. The first kappa shape index (κ1) is 26.1. The molecule has 0 radical (unpaired) electrons. The Morgan fingerprint density at radius 3 is 2.14 bits per heavy atom. The van der Waals surface area contributed by atoms with Crippen molar-refractivity contribution in [1.29, 1.82) is 0 Å². The minimum Gasteiger partial charge on any atom is -0.473 e. The van der Waals surface area contributed by atoms with Crippen LogP contribution in [0.2, 0.25) is 0 Å². The lowest BCUT2D eigenvalue weighted by molar-refractivity contribution is -0.159. The van der Waals surface area contributed by atoms with E-state index in [1.165, 1.54) is 53.3 Å². The number of aryl methyl sites for hydroxylation is 1. The van der Waals surface area contributed by atoms with Gasteiger partial charge in [0.05, 0.1) is 12.2 Å². The Hall–Kier alpha value is -2.94. The lowest BCUT2D eigenvalue weighted by Crippen LogP contribution is -2.53. The number of rotatable bonds is 4. The minimum atomic E-state index is -1.82. The first-order valence-corrected chi connectivity index (χ1v) is 12.8. The SMILES string of the molecule is CCn1c2ccccc2c2cc(CN3CCC(N4CC(C)OC(C)C4)CC3)ccc21.O=C(O)C(=O)O. The minimum absolute atomic E-state index is 0.365. The summed E-state index contributed by atoms with van der Waals surface area (Å²) in [5, 5.41) is 17.6. The number of hydrogen-bond donors (Lipinski definition) is 2. The van der Waals surface area contributed by atoms with E-state index >= 15 is 0 Å². The summed E-state index contributed by atoms with van der Waals surface area (Å²) in [5.74, 6) is -3.65. The molecule has 0 saturated carbocycles. The van der Waals surface area contributed by atoms with Gasteiger partial charge in [0.15, 0.2) is 0 Å². The number of nitrogens with zero attached hydrogens (tertiary/aromatic N) is 3. The van der Waals surface area contributed by atoms with E-state index < -0.39 is 11.9 Å². The van der Waals surface area contributed by atoms with Gasteiger partial charge in [0.2, 0.25) is 0 Å². The average Bonchev–Trinajstić information content (AvgIpc) is 3.17. The normalized spacial score (nSPS) is 21.9. The van der Waals surface area contributed by atoms with Gasteiger partial charge in [-0.3, -0.25) is 9.80 Å². The van der Waals surface area contributed by atoms with Crippen LogP contribution in [-0.2, 0) is 27.4 Å². The molecular weight excluding hydrogens is 458 g/mol. The number of morpholine rings is 1. The smallest absolute Gasteiger partial charge is 0.414 e. The molecule has 194 valence electrons. The van der Waals surface area contributed by atoms with Crippen molar-refractivity contribution in [2.75, 3.05) is 26.2 Å². The number of aromatic nitrogens is 1. The zero-order chi connectivity index (χ0) is 25.8. The van der Waals surface area contributed by atoms with Crippen LogP contribution in [0.15, 0.2) is 42.5 Å². The lowest BCUT2D eigenvalue weighted by atomic mass is 10.0. The van der Waals surface area contributed by atoms with E-state index in [4.69, 9.17) is 24.5 Å². The lowest BCUT2D eigenvalue weighted by Gasteiger charge is -2.43. The van der Waals surface area contributed by atoms with Gasteiger partial charge < -0.3 is 19.5 Å². The number of likely N-dealkylation sites (tertiary alicyclic amines) is 1. The van der Waals surface area contributed by atoms with Gasteiger partial charge in [-0.1, -0.05) is 24.3 Å². The molecule has 2 aromatic carbocycles. The molecule has 0 spiro atoms. The molecule has 2 atom stereocenters. The van der Waals surface area contributed by atoms with E-state index in [-0.39, 0.29) is 0 Å². The highest BCUT2D eigenvalue weighted by Gasteiger charge is 2.30. The van der Waals surface area contributed by atoms with Crippen molar-refractivity contribution in [3.8, 4) is 0 Å². The van der Waals surface area contributed by atoms with Crippen LogP contribution in [0.5, 0.6) is 0 Å². The molecule has 36 heavy (non-hydrogen) atoms. The Kier molecular flexibility index (Phi) is 8.28. The van der Waals surface area contributed by atoms with Gasteiger partial charge in [0.1, 0.15) is 0 Å². The standard InChI is InChI=1S/C26H35N3O.C2H2O4/c1-4-29-25-8-6-5-7-23(25)24-15-21(9-10-26(24)29)18-27-13-11-22(12-14-27)28-16-19(2)30-20(3)17-28;3-1(4)2(5)6/h5-10,15,19-20,22H,4,11-14,16-18H2,1-3H3;(H,3,4)(H,5,6). The number of carboxylic acid groups (broad SMARTS) is 2. The van der Waals surface area contributed by atoms with Crippen LogP contribution < -0.4 is 0 Å². The van der Waals surface area contributed by atoms with E-state index in [0.29, 0.717) is 12.2 Å². The number of aliphatic carboxylic acids is 2. The summed E-state index contributed by atoms with van der Waals surface area (Å²) < 4.78 is 8.36. The summed E-state index contributed by atoms with van der Waals surface area (Å²) in [5.41, 5.74) is 4.15. The van der Waals surface area contributed by atoms with Crippen molar-refractivity contribution in [3.63, 3.8) is 0 Å². The Labute approximate surface area is 212 Å². The zero-order valence-electron chi connectivity index (χ0n) is 21.4. The molecule has 0 bridgehead atoms. The van der Waals surface area contributed by atoms with Crippen molar-refractivity contribution < 1.29 is 24.5 Å². The fraction of sp³-hybridized carbons (Fsp3) is 0.500. The molecular formula is C28H37N3O5. The monoisotopic (exact) mass is 495 g/mol. The third-order valence-electron chi connectivity index (χ3n) is 7.26. The van der Waals surface area contributed by atoms with Gasteiger partial charge in [-0.05, 0) is 70.5 Å². The number of carboxylic acids is 2. The maximum Gasteiger partial charge on any atom is 0.414 e. The summed E-state index contributed by atoms with van der Waals surface area (Å²) in [6.07, 6.45) is 3.28. The summed E-state index contributed by atoms with van der Waals surface area (Å²) in [4.78, 5) is 23.5. The van der Waals surface area contributed by atoms with Crippen LogP contribution in [0.4, 0.5) is 0 Å². The summed E-state index contributed by atoms with van der Waals surface area (Å²) in [6, 6.07) is 16.6. The van der Waals surface area contributed by atoms with Gasteiger partial charge in [0, 0.05) is 54.0 Å². The second-order valence-electron chi connectivity index (χ2n) is 9.94. The van der Waals surface area contributed by atoms with Crippen molar-refractivity contribution in [3.05, 3.63) is 48.0 Å². The highest BCUT2D eigenvalue weighted by Crippen LogP contribution is 2.30. The summed E-state index contributed by atoms with van der Waals surface area (Å²) in [7, 11) is 0. The van der Waals surface area contributed by atoms with Crippen LogP contribution in [0.25, 0.3) is 21.8 Å². The van der Waals surface area contributed by atoms with Crippen molar-refractivity contribution in [1.82, 2.24) is 14.4 Å². The third-order valence-corrected chi connectivity index (χ3v) is 7.26. The fourth-order valence-corrected chi connectivity index (χ4v) is 5.76. The topological polar surface area (TPSA) is 95.2 Å². The van der Waals surface area contributed by atoms with E-state index in [1.54, 1.807) is 0 Å². The van der Waals surface area contributed by atoms with E-state index in [2.05, 4.69) is 77.6 Å². The van der Waals surface area contributed by atoms with Gasteiger partial charge in [-0.2, -0.15) is 0 Å². The number of carbonyl (C=O) groups is 2. The number of hydrogen-bond acceptors (Lipinski definition) is 5. The fourth-order valence-electron chi connectivity index (χ4n) is 5.76. The highest BCUT2D eigenvalue weighted by atomic mass is 16.5. The first-order chi connectivity index (χ1) is 17.3. The van der Waals surface area contributed by atoms with Gasteiger partial charge in [-0.15, -0.1) is 0 Å². The molecule has 2 fully saturated rings. The highest BCUT2D eigenvalue weighted by molar-refractivity contribution is 6.27. The average molecular weight is 496 g/mol. The van der Waals surface area contributed by atoms with E-state index in [1.807, 2.05) is 0 Å². The van der Waals surface area contributed by atoms with Crippen molar-refractivity contribution >= 4 is 33.7 Å². The Morgan fingerprint density at radius 1 is 0.917 bits per heavy atom. The molecule has 2 aliphatic heterocycles. The molecule has 5 rings (SSSR count). The largest absolute Gasteiger partial charge is 0.473 e. The summed E-state index contributed by atoms with van der Waals surface area (Å²) >= 11 is 0. The van der Waals surface area contributed by atoms with Crippen LogP contribution in [0.3, 0.4) is 0 Å². The first-order valence-electron chi connectivity index (χ1n) is 12.8. The van der Waals surface area contributed by atoms with Crippen molar-refractivity contribution in [2.45, 2.75) is 65.0 Å².